The molecule has 0 aromatic carbocycles. The number of hydrogen-bond acceptors (Lipinski definition) is 5. The Hall–Kier alpha value is -1.22. The highest BCUT2D eigenvalue weighted by Crippen LogP contribution is 2.21. The largest absolute Gasteiger partial charge is 0.383 e. The molecule has 0 bridgehead atoms. The van der Waals surface area contributed by atoms with Crippen LogP contribution < -0.4 is 5.73 Å². The molecule has 0 saturated heterocycles. The van der Waals surface area contributed by atoms with E-state index in [0.717, 1.165) is 9.26 Å². The van der Waals surface area contributed by atoms with E-state index in [-0.39, 0.29) is 0 Å². The van der Waals surface area contributed by atoms with Crippen molar-refractivity contribution in [2.45, 2.75) is 6.61 Å². The van der Waals surface area contributed by atoms with Gasteiger partial charge in [-0.25, -0.2) is 9.97 Å². The predicted molar refractivity (Wildman–Crippen MR) is 72.1 cm³/mol. The van der Waals surface area contributed by atoms with Crippen LogP contribution in [0.15, 0.2) is 12.3 Å². The van der Waals surface area contributed by atoms with Crippen molar-refractivity contribution in [3.05, 3.63) is 21.5 Å². The molecule has 2 aromatic heterocycles. The third-order valence-electron chi connectivity index (χ3n) is 2.17. The van der Waals surface area contributed by atoms with E-state index in [9.17, 15) is 0 Å². The molecule has 0 spiro atoms. The highest BCUT2D eigenvalue weighted by Gasteiger charge is 2.12. The summed E-state index contributed by atoms with van der Waals surface area (Å²) in [6, 6.07) is 1.85. The third-order valence-corrected chi connectivity index (χ3v) is 3.34. The average molecular weight is 345 g/mol. The van der Waals surface area contributed by atoms with Crippen molar-refractivity contribution in [1.82, 2.24) is 19.7 Å². The van der Waals surface area contributed by atoms with Gasteiger partial charge in [-0.05, 0) is 28.7 Å². The molecule has 0 radical (unpaired) electrons. The van der Waals surface area contributed by atoms with Crippen molar-refractivity contribution < 1.29 is 4.74 Å². The molecule has 2 heterocycles. The smallest absolute Gasteiger partial charge is 0.182 e. The number of halogens is 1. The molecule has 0 saturated carbocycles. The molecule has 0 aliphatic heterocycles. The fourth-order valence-corrected chi connectivity index (χ4v) is 1.79. The summed E-state index contributed by atoms with van der Waals surface area (Å²) in [5, 5.41) is 4.25. The van der Waals surface area contributed by atoms with Gasteiger partial charge >= 0.3 is 0 Å². The number of nitrogen functional groups attached to an aromatic ring is 1. The van der Waals surface area contributed by atoms with Gasteiger partial charge in [0.2, 0.25) is 0 Å². The van der Waals surface area contributed by atoms with E-state index in [1.54, 1.807) is 11.8 Å². The fraction of sp³-hybridized carbons (Fsp3) is 0.300. The van der Waals surface area contributed by atoms with Crippen molar-refractivity contribution in [2.75, 3.05) is 12.8 Å². The number of nitrogens with two attached hydrogens (primary N) is 1. The zero-order valence-corrected chi connectivity index (χ0v) is 11.7. The lowest BCUT2D eigenvalue weighted by molar-refractivity contribution is 0.181. The average Bonchev–Trinajstić information content (AvgIpc) is 2.71. The minimum atomic E-state index is 0.408. The highest BCUT2D eigenvalue weighted by molar-refractivity contribution is 14.1. The van der Waals surface area contributed by atoms with E-state index in [2.05, 4.69) is 37.7 Å². The first-order chi connectivity index (χ1) is 8.11. The molecule has 6 nitrogen and oxygen atoms in total. The van der Waals surface area contributed by atoms with E-state index >= 15 is 0 Å². The number of methoxy groups -OCH3 is 1. The summed E-state index contributed by atoms with van der Waals surface area (Å²) < 4.78 is 7.60. The maximum atomic E-state index is 5.85. The van der Waals surface area contributed by atoms with Crippen LogP contribution >= 0.6 is 22.6 Å². The Labute approximate surface area is 112 Å². The number of aryl methyl sites for hydroxylation is 1. The molecule has 2 aromatic rings. The van der Waals surface area contributed by atoms with Gasteiger partial charge in [-0.15, -0.1) is 0 Å². The number of anilines is 1. The quantitative estimate of drug-likeness (QED) is 0.846. The number of ether oxygens (including phenoxy) is 1. The van der Waals surface area contributed by atoms with E-state index in [4.69, 9.17) is 10.5 Å². The third kappa shape index (κ3) is 2.55. The standard InChI is InChI=1S/C10H12IN5O/c1-16-4-3-6(15-16)10-13-7(5-17-2)8(11)9(12)14-10/h3-4H,5H2,1-2H3,(H2,12,13,14). The Morgan fingerprint density at radius 1 is 1.47 bits per heavy atom. The van der Waals surface area contributed by atoms with Gasteiger partial charge < -0.3 is 10.5 Å². The zero-order chi connectivity index (χ0) is 12.4. The predicted octanol–water partition coefficient (Wildman–Crippen LogP) is 1.21. The second-order valence-electron chi connectivity index (χ2n) is 3.50. The molecule has 0 amide bonds. The Bertz CT molecular complexity index is 539. The second kappa shape index (κ2) is 4.96. The Kier molecular flexibility index (Phi) is 3.57. The monoisotopic (exact) mass is 345 g/mol. The molecule has 2 N–H and O–H groups in total. The molecule has 2 rings (SSSR count). The first kappa shape index (κ1) is 12.2. The van der Waals surface area contributed by atoms with Crippen molar-refractivity contribution in [3.8, 4) is 11.5 Å². The van der Waals surface area contributed by atoms with Gasteiger partial charge in [-0.1, -0.05) is 0 Å². The van der Waals surface area contributed by atoms with Crippen LogP contribution in [0.2, 0.25) is 0 Å². The maximum absolute atomic E-state index is 5.85. The summed E-state index contributed by atoms with van der Waals surface area (Å²) in [5.74, 6) is 0.976. The van der Waals surface area contributed by atoms with Crippen LogP contribution in [0.4, 0.5) is 5.82 Å². The van der Waals surface area contributed by atoms with E-state index in [1.807, 2.05) is 19.3 Å². The summed E-state index contributed by atoms with van der Waals surface area (Å²) in [6.45, 7) is 0.408. The molecule has 90 valence electrons. The fourth-order valence-electron chi connectivity index (χ4n) is 1.39. The molecule has 0 aliphatic rings. The highest BCUT2D eigenvalue weighted by atomic mass is 127. The normalized spacial score (nSPS) is 10.8. The van der Waals surface area contributed by atoms with Gasteiger partial charge in [0.15, 0.2) is 5.82 Å². The molecule has 0 aliphatic carbocycles. The molecule has 0 atom stereocenters. The van der Waals surface area contributed by atoms with E-state index in [0.29, 0.717) is 23.9 Å². The van der Waals surface area contributed by atoms with Gasteiger partial charge in [0, 0.05) is 20.4 Å². The van der Waals surface area contributed by atoms with Crippen LogP contribution in [-0.2, 0) is 18.4 Å². The Morgan fingerprint density at radius 3 is 2.82 bits per heavy atom. The molecular formula is C10H12IN5O. The zero-order valence-electron chi connectivity index (χ0n) is 9.51. The van der Waals surface area contributed by atoms with Crippen molar-refractivity contribution in [3.63, 3.8) is 0 Å². The SMILES string of the molecule is COCc1nc(-c2ccn(C)n2)nc(N)c1I. The van der Waals surface area contributed by atoms with Crippen LogP contribution in [0, 0.1) is 3.57 Å². The lowest BCUT2D eigenvalue weighted by Gasteiger charge is -2.06. The molecule has 0 fully saturated rings. The molecule has 7 heteroatoms. The number of nitrogens with zero attached hydrogens (tertiary/aromatic N) is 4. The Morgan fingerprint density at radius 2 is 2.24 bits per heavy atom. The van der Waals surface area contributed by atoms with Crippen molar-refractivity contribution >= 4 is 28.4 Å². The topological polar surface area (TPSA) is 78.8 Å². The molecule has 17 heavy (non-hydrogen) atoms. The second-order valence-corrected chi connectivity index (χ2v) is 4.58. The minimum absolute atomic E-state index is 0.408. The summed E-state index contributed by atoms with van der Waals surface area (Å²) in [7, 11) is 3.46. The summed E-state index contributed by atoms with van der Waals surface area (Å²) in [4.78, 5) is 8.63. The summed E-state index contributed by atoms with van der Waals surface area (Å²) in [6.07, 6.45) is 1.84. The minimum Gasteiger partial charge on any atom is -0.383 e. The van der Waals surface area contributed by atoms with Gasteiger partial charge in [0.1, 0.15) is 11.5 Å². The molecular weight excluding hydrogens is 333 g/mol. The lowest BCUT2D eigenvalue weighted by atomic mass is 10.3. The first-order valence-electron chi connectivity index (χ1n) is 4.92. The van der Waals surface area contributed by atoms with Gasteiger partial charge in [-0.3, -0.25) is 4.68 Å². The van der Waals surface area contributed by atoms with Crippen LogP contribution in [0.1, 0.15) is 5.69 Å². The van der Waals surface area contributed by atoms with Crippen LogP contribution in [0.5, 0.6) is 0 Å². The molecule has 0 unspecified atom stereocenters. The number of rotatable bonds is 3. The lowest BCUT2D eigenvalue weighted by Crippen LogP contribution is -2.06. The maximum Gasteiger partial charge on any atom is 0.182 e. The van der Waals surface area contributed by atoms with Crippen LogP contribution in [0.3, 0.4) is 0 Å². The first-order valence-corrected chi connectivity index (χ1v) is 6.00. The number of aromatic nitrogens is 4. The van der Waals surface area contributed by atoms with E-state index < -0.39 is 0 Å². The van der Waals surface area contributed by atoms with Gasteiger partial charge in [0.05, 0.1) is 15.9 Å². The van der Waals surface area contributed by atoms with Crippen LogP contribution in [-0.4, -0.2) is 26.9 Å². The van der Waals surface area contributed by atoms with E-state index in [1.165, 1.54) is 0 Å². The van der Waals surface area contributed by atoms with Crippen molar-refractivity contribution in [2.24, 2.45) is 7.05 Å². The van der Waals surface area contributed by atoms with Gasteiger partial charge in [0.25, 0.3) is 0 Å². The number of hydrogen-bond donors (Lipinski definition) is 1. The van der Waals surface area contributed by atoms with Gasteiger partial charge in [-0.2, -0.15) is 5.10 Å². The Balaban J connectivity index is 2.48. The summed E-state index contributed by atoms with van der Waals surface area (Å²) in [5.41, 5.74) is 7.33. The summed E-state index contributed by atoms with van der Waals surface area (Å²) >= 11 is 2.11. The van der Waals surface area contributed by atoms with Crippen molar-refractivity contribution in [1.29, 1.82) is 0 Å². The van der Waals surface area contributed by atoms with Crippen LogP contribution in [0.25, 0.3) is 11.5 Å².